The fourth-order valence-corrected chi connectivity index (χ4v) is 2.46. The molecule has 1 aromatic rings. The highest BCUT2D eigenvalue weighted by molar-refractivity contribution is 9.11. The first-order valence-corrected chi connectivity index (χ1v) is 7.11. The average Bonchev–Trinajstić information content (AvgIpc) is 2.26. The lowest BCUT2D eigenvalue weighted by molar-refractivity contribution is 0.304. The van der Waals surface area contributed by atoms with Crippen LogP contribution in [0, 0.1) is 0 Å². The minimum Gasteiger partial charge on any atom is -0.492 e. The fraction of sp³-hybridized carbons (Fsp3) is 0.500. The molecule has 0 spiro atoms. The normalized spacial score (nSPS) is 10.4. The topological polar surface area (TPSA) is 21.3 Å². The molecule has 90 valence electrons. The Morgan fingerprint density at radius 2 is 2.06 bits per heavy atom. The molecule has 1 rings (SSSR count). The summed E-state index contributed by atoms with van der Waals surface area (Å²) in [5, 5.41) is 3.29. The monoisotopic (exact) mass is 349 g/mol. The maximum absolute atomic E-state index is 5.68. The highest BCUT2D eigenvalue weighted by atomic mass is 79.9. The Bertz CT molecular complexity index is 318. The van der Waals surface area contributed by atoms with E-state index in [1.54, 1.807) is 0 Å². The minimum absolute atomic E-state index is 0.769. The molecule has 0 aromatic heterocycles. The molecule has 1 N–H and O–H groups in total. The zero-order chi connectivity index (χ0) is 11.8. The van der Waals surface area contributed by atoms with Crippen molar-refractivity contribution in [3.63, 3.8) is 0 Å². The van der Waals surface area contributed by atoms with E-state index in [1.165, 1.54) is 0 Å². The predicted octanol–water partition coefficient (Wildman–Crippen LogP) is 3.98. The lowest BCUT2D eigenvalue weighted by Crippen LogP contribution is -2.14. The molecule has 0 saturated heterocycles. The van der Waals surface area contributed by atoms with Gasteiger partial charge < -0.3 is 10.1 Å². The van der Waals surface area contributed by atoms with Crippen LogP contribution in [-0.4, -0.2) is 19.7 Å². The van der Waals surface area contributed by atoms with E-state index in [-0.39, 0.29) is 0 Å². The summed E-state index contributed by atoms with van der Waals surface area (Å²) in [6, 6.07) is 5.95. The molecule has 1 aromatic carbocycles. The van der Waals surface area contributed by atoms with E-state index in [9.17, 15) is 0 Å². The molecule has 2 nitrogen and oxygen atoms in total. The van der Waals surface area contributed by atoms with E-state index in [2.05, 4.69) is 44.1 Å². The van der Waals surface area contributed by atoms with Gasteiger partial charge in [-0.25, -0.2) is 0 Å². The third-order valence-corrected chi connectivity index (χ3v) is 3.26. The molecule has 0 amide bonds. The Kier molecular flexibility index (Phi) is 7.08. The highest BCUT2D eigenvalue weighted by Gasteiger charge is 2.00. The van der Waals surface area contributed by atoms with Gasteiger partial charge in [-0.05, 0) is 60.1 Å². The standard InChI is InChI=1S/C12H17Br2NO/c1-2-15-7-3-4-8-16-12-6-5-10(13)9-11(12)14/h5-6,9,15H,2-4,7-8H2,1H3. The number of hydrogen-bond donors (Lipinski definition) is 1. The van der Waals surface area contributed by atoms with Crippen molar-refractivity contribution in [3.8, 4) is 5.75 Å². The van der Waals surface area contributed by atoms with E-state index < -0.39 is 0 Å². The van der Waals surface area contributed by atoms with Crippen LogP contribution in [0.3, 0.4) is 0 Å². The molecular weight excluding hydrogens is 334 g/mol. The maximum atomic E-state index is 5.68. The van der Waals surface area contributed by atoms with Gasteiger partial charge in [-0.2, -0.15) is 0 Å². The smallest absolute Gasteiger partial charge is 0.133 e. The Morgan fingerprint density at radius 3 is 2.75 bits per heavy atom. The summed E-state index contributed by atoms with van der Waals surface area (Å²) in [5.41, 5.74) is 0. The SMILES string of the molecule is CCNCCCCOc1ccc(Br)cc1Br. The van der Waals surface area contributed by atoms with Crippen LogP contribution in [0.5, 0.6) is 5.75 Å². The number of ether oxygens (including phenoxy) is 1. The Hall–Kier alpha value is -0.0600. The molecule has 0 unspecified atom stereocenters. The summed E-state index contributed by atoms with van der Waals surface area (Å²) in [7, 11) is 0. The second kappa shape index (κ2) is 8.09. The Balaban J connectivity index is 2.21. The number of rotatable bonds is 7. The molecule has 0 saturated carbocycles. The predicted molar refractivity (Wildman–Crippen MR) is 75.1 cm³/mol. The summed E-state index contributed by atoms with van der Waals surface area (Å²) in [6.07, 6.45) is 2.23. The van der Waals surface area contributed by atoms with E-state index in [0.717, 1.165) is 47.2 Å². The highest BCUT2D eigenvalue weighted by Crippen LogP contribution is 2.28. The molecule has 0 aliphatic carbocycles. The molecule has 0 fully saturated rings. The molecule has 4 heteroatoms. The van der Waals surface area contributed by atoms with Crippen molar-refractivity contribution < 1.29 is 4.74 Å². The van der Waals surface area contributed by atoms with Crippen LogP contribution in [-0.2, 0) is 0 Å². The third-order valence-electron chi connectivity index (χ3n) is 2.15. The van der Waals surface area contributed by atoms with E-state index >= 15 is 0 Å². The van der Waals surface area contributed by atoms with Crippen molar-refractivity contribution in [2.45, 2.75) is 19.8 Å². The fourth-order valence-electron chi connectivity index (χ4n) is 1.30. The molecule has 0 heterocycles. The second-order valence-electron chi connectivity index (χ2n) is 3.48. The van der Waals surface area contributed by atoms with E-state index in [1.807, 2.05) is 18.2 Å². The van der Waals surface area contributed by atoms with Crippen molar-refractivity contribution in [3.05, 3.63) is 27.1 Å². The van der Waals surface area contributed by atoms with E-state index in [0.29, 0.717) is 0 Å². The van der Waals surface area contributed by atoms with Gasteiger partial charge in [-0.1, -0.05) is 22.9 Å². The number of unbranched alkanes of at least 4 members (excludes halogenated alkanes) is 1. The largest absolute Gasteiger partial charge is 0.492 e. The Labute approximate surface area is 114 Å². The van der Waals surface area contributed by atoms with Crippen molar-refractivity contribution in [1.29, 1.82) is 0 Å². The molecular formula is C12H17Br2NO. The van der Waals surface area contributed by atoms with Crippen LogP contribution in [0.2, 0.25) is 0 Å². The molecule has 0 aliphatic heterocycles. The molecule has 16 heavy (non-hydrogen) atoms. The molecule has 0 aliphatic rings. The van der Waals surface area contributed by atoms with Gasteiger partial charge >= 0.3 is 0 Å². The van der Waals surface area contributed by atoms with Crippen molar-refractivity contribution >= 4 is 31.9 Å². The van der Waals surface area contributed by atoms with Gasteiger partial charge in [0.05, 0.1) is 11.1 Å². The number of hydrogen-bond acceptors (Lipinski definition) is 2. The van der Waals surface area contributed by atoms with Gasteiger partial charge in [-0.15, -0.1) is 0 Å². The summed E-state index contributed by atoms with van der Waals surface area (Å²) in [5.74, 6) is 0.909. The number of benzene rings is 1. The first kappa shape index (κ1) is 14.0. The van der Waals surface area contributed by atoms with Crippen LogP contribution in [0.1, 0.15) is 19.8 Å². The van der Waals surface area contributed by atoms with Crippen LogP contribution in [0.15, 0.2) is 27.1 Å². The zero-order valence-corrected chi connectivity index (χ0v) is 12.6. The molecule has 0 bridgehead atoms. The van der Waals surface area contributed by atoms with Gasteiger partial charge in [0.1, 0.15) is 5.75 Å². The number of nitrogens with one attached hydrogen (secondary N) is 1. The lowest BCUT2D eigenvalue weighted by Gasteiger charge is -2.08. The third kappa shape index (κ3) is 5.32. The van der Waals surface area contributed by atoms with Crippen molar-refractivity contribution in [2.75, 3.05) is 19.7 Å². The zero-order valence-electron chi connectivity index (χ0n) is 9.43. The first-order valence-electron chi connectivity index (χ1n) is 5.52. The molecule has 0 radical (unpaired) electrons. The van der Waals surface area contributed by atoms with Crippen LogP contribution < -0.4 is 10.1 Å². The quantitative estimate of drug-likeness (QED) is 0.751. The lowest BCUT2D eigenvalue weighted by atomic mass is 10.3. The van der Waals surface area contributed by atoms with Gasteiger partial charge in [0.2, 0.25) is 0 Å². The summed E-state index contributed by atoms with van der Waals surface area (Å²) in [6.45, 7) is 5.00. The van der Waals surface area contributed by atoms with E-state index in [4.69, 9.17) is 4.74 Å². The second-order valence-corrected chi connectivity index (χ2v) is 5.25. The molecule has 0 atom stereocenters. The van der Waals surface area contributed by atoms with Crippen LogP contribution >= 0.6 is 31.9 Å². The summed E-state index contributed by atoms with van der Waals surface area (Å²) >= 11 is 6.89. The summed E-state index contributed by atoms with van der Waals surface area (Å²) < 4.78 is 7.73. The van der Waals surface area contributed by atoms with Crippen LogP contribution in [0.4, 0.5) is 0 Å². The maximum Gasteiger partial charge on any atom is 0.133 e. The average molecular weight is 351 g/mol. The number of halogens is 2. The van der Waals surface area contributed by atoms with Gasteiger partial charge in [0, 0.05) is 4.47 Å². The van der Waals surface area contributed by atoms with Gasteiger partial charge in [0.15, 0.2) is 0 Å². The van der Waals surface area contributed by atoms with Gasteiger partial charge in [-0.3, -0.25) is 0 Å². The summed E-state index contributed by atoms with van der Waals surface area (Å²) in [4.78, 5) is 0. The van der Waals surface area contributed by atoms with Crippen molar-refractivity contribution in [2.24, 2.45) is 0 Å². The van der Waals surface area contributed by atoms with Crippen LogP contribution in [0.25, 0.3) is 0 Å². The van der Waals surface area contributed by atoms with Gasteiger partial charge in [0.25, 0.3) is 0 Å². The first-order chi connectivity index (χ1) is 7.74. The Morgan fingerprint density at radius 1 is 1.25 bits per heavy atom. The minimum atomic E-state index is 0.769. The van der Waals surface area contributed by atoms with Crippen molar-refractivity contribution in [1.82, 2.24) is 5.32 Å².